The van der Waals surface area contributed by atoms with Crippen LogP contribution in [0.1, 0.15) is 6.42 Å². The van der Waals surface area contributed by atoms with Gasteiger partial charge in [-0.3, -0.25) is 0 Å². The van der Waals surface area contributed by atoms with Gasteiger partial charge in [-0.1, -0.05) is 11.8 Å². The Morgan fingerprint density at radius 3 is 2.94 bits per heavy atom. The van der Waals surface area contributed by atoms with E-state index in [1.165, 1.54) is 0 Å². The summed E-state index contributed by atoms with van der Waals surface area (Å²) in [6.07, 6.45) is 4.49. The van der Waals surface area contributed by atoms with Gasteiger partial charge in [0.25, 0.3) is 0 Å². The molecule has 1 aromatic heterocycles. The minimum absolute atomic E-state index is 0.133. The molecule has 0 saturated heterocycles. The van der Waals surface area contributed by atoms with Gasteiger partial charge >= 0.3 is 6.03 Å². The number of urea groups is 1. The molecule has 0 aliphatic carbocycles. The molecule has 0 bridgehead atoms. The predicted octanol–water partition coefficient (Wildman–Crippen LogP) is 0.848. The molecular weight excluding hydrogens is 252 g/mol. The molecular formula is C11H20N4O2S. The summed E-state index contributed by atoms with van der Waals surface area (Å²) in [6.45, 7) is 1.91. The second-order valence-corrected chi connectivity index (χ2v) is 4.76. The highest BCUT2D eigenvalue weighted by Gasteiger charge is 2.01. The van der Waals surface area contributed by atoms with E-state index in [2.05, 4.69) is 15.6 Å². The van der Waals surface area contributed by atoms with Gasteiger partial charge in [-0.15, -0.1) is 0 Å². The fourth-order valence-corrected chi connectivity index (χ4v) is 2.07. The van der Waals surface area contributed by atoms with E-state index in [4.69, 9.17) is 4.74 Å². The Hall–Kier alpha value is -1.21. The van der Waals surface area contributed by atoms with Crippen LogP contribution in [0.2, 0.25) is 0 Å². The fourth-order valence-electron chi connectivity index (χ4n) is 1.28. The number of imidazole rings is 1. The Kier molecular flexibility index (Phi) is 7.28. The van der Waals surface area contributed by atoms with E-state index < -0.39 is 0 Å². The minimum Gasteiger partial charge on any atom is -0.385 e. The number of ether oxygens (including phenoxy) is 1. The number of carbonyl (C=O) groups excluding carboxylic acids is 1. The van der Waals surface area contributed by atoms with E-state index >= 15 is 0 Å². The van der Waals surface area contributed by atoms with Crippen molar-refractivity contribution >= 4 is 17.8 Å². The molecule has 1 aromatic rings. The standard InChI is InChI=1S/C11H20N4O2S/c1-15-7-5-14-11(15)18-9-6-13-10(16)12-4-3-8-17-2/h5,7H,3-4,6,8-9H2,1-2H3,(H2,12,13,16). The lowest BCUT2D eigenvalue weighted by atomic mass is 10.4. The number of aryl methyl sites for hydroxylation is 1. The summed E-state index contributed by atoms with van der Waals surface area (Å²) >= 11 is 1.62. The molecule has 2 N–H and O–H groups in total. The average molecular weight is 272 g/mol. The Bertz CT molecular complexity index is 357. The van der Waals surface area contributed by atoms with Crippen molar-refractivity contribution in [2.24, 2.45) is 7.05 Å². The molecule has 1 rings (SSSR count). The number of carbonyl (C=O) groups is 1. The molecule has 18 heavy (non-hydrogen) atoms. The minimum atomic E-state index is -0.133. The summed E-state index contributed by atoms with van der Waals surface area (Å²) in [6, 6.07) is -0.133. The molecule has 6 nitrogen and oxygen atoms in total. The van der Waals surface area contributed by atoms with Crippen LogP contribution < -0.4 is 10.6 Å². The number of hydrogen-bond acceptors (Lipinski definition) is 4. The molecule has 0 aliphatic rings. The first-order valence-electron chi connectivity index (χ1n) is 5.85. The van der Waals surface area contributed by atoms with E-state index in [1.807, 2.05) is 17.8 Å². The Morgan fingerprint density at radius 1 is 1.50 bits per heavy atom. The quantitative estimate of drug-likeness (QED) is 0.544. The molecule has 0 aliphatic heterocycles. The average Bonchev–Trinajstić information content (AvgIpc) is 2.76. The van der Waals surface area contributed by atoms with Gasteiger partial charge < -0.3 is 19.9 Å². The summed E-state index contributed by atoms with van der Waals surface area (Å²) in [5.41, 5.74) is 0. The first-order valence-corrected chi connectivity index (χ1v) is 6.83. The van der Waals surface area contributed by atoms with Crippen LogP contribution in [0.25, 0.3) is 0 Å². The third-order valence-corrected chi connectivity index (χ3v) is 3.27. The summed E-state index contributed by atoms with van der Waals surface area (Å²) in [4.78, 5) is 15.5. The molecule has 0 atom stereocenters. The van der Waals surface area contributed by atoms with Crippen molar-refractivity contribution < 1.29 is 9.53 Å². The van der Waals surface area contributed by atoms with Gasteiger partial charge in [0, 0.05) is 52.0 Å². The number of thioether (sulfide) groups is 1. The number of nitrogens with zero attached hydrogens (tertiary/aromatic N) is 2. The zero-order chi connectivity index (χ0) is 13.2. The number of methoxy groups -OCH3 is 1. The Morgan fingerprint density at radius 2 is 2.28 bits per heavy atom. The number of nitrogens with one attached hydrogen (secondary N) is 2. The van der Waals surface area contributed by atoms with Crippen molar-refractivity contribution in [3.05, 3.63) is 12.4 Å². The van der Waals surface area contributed by atoms with E-state index in [1.54, 1.807) is 25.1 Å². The molecule has 0 spiro atoms. The lowest BCUT2D eigenvalue weighted by molar-refractivity contribution is 0.193. The van der Waals surface area contributed by atoms with Gasteiger partial charge in [0.1, 0.15) is 0 Å². The summed E-state index contributed by atoms with van der Waals surface area (Å²) in [5, 5.41) is 6.51. The third-order valence-electron chi connectivity index (χ3n) is 2.21. The third kappa shape index (κ3) is 5.92. The van der Waals surface area contributed by atoms with E-state index in [-0.39, 0.29) is 6.03 Å². The van der Waals surface area contributed by atoms with Gasteiger partial charge in [0.2, 0.25) is 0 Å². The first-order chi connectivity index (χ1) is 8.74. The summed E-state index contributed by atoms with van der Waals surface area (Å²) < 4.78 is 6.84. The Labute approximate surface area is 111 Å². The van der Waals surface area contributed by atoms with Crippen LogP contribution in [-0.4, -0.2) is 48.1 Å². The largest absolute Gasteiger partial charge is 0.385 e. The van der Waals surface area contributed by atoms with Crippen LogP contribution in [0.15, 0.2) is 17.6 Å². The van der Waals surface area contributed by atoms with E-state index in [0.29, 0.717) is 19.7 Å². The van der Waals surface area contributed by atoms with E-state index in [9.17, 15) is 4.79 Å². The number of hydrogen-bond donors (Lipinski definition) is 2. The molecule has 0 aromatic carbocycles. The summed E-state index contributed by atoms with van der Waals surface area (Å²) in [7, 11) is 3.60. The maximum absolute atomic E-state index is 11.3. The Balaban J connectivity index is 2.00. The lowest BCUT2D eigenvalue weighted by Crippen LogP contribution is -2.37. The molecule has 7 heteroatoms. The number of aromatic nitrogens is 2. The molecule has 0 saturated carbocycles. The number of amides is 2. The van der Waals surface area contributed by atoms with Crippen molar-refractivity contribution in [2.75, 3.05) is 32.6 Å². The van der Waals surface area contributed by atoms with Gasteiger partial charge in [-0.2, -0.15) is 0 Å². The second kappa shape index (κ2) is 8.82. The molecule has 102 valence electrons. The normalized spacial score (nSPS) is 10.3. The van der Waals surface area contributed by atoms with Crippen molar-refractivity contribution in [2.45, 2.75) is 11.6 Å². The highest BCUT2D eigenvalue weighted by atomic mass is 32.2. The highest BCUT2D eigenvalue weighted by Crippen LogP contribution is 2.12. The van der Waals surface area contributed by atoms with Crippen molar-refractivity contribution in [3.8, 4) is 0 Å². The van der Waals surface area contributed by atoms with Crippen LogP contribution in [0.3, 0.4) is 0 Å². The zero-order valence-electron chi connectivity index (χ0n) is 10.8. The topological polar surface area (TPSA) is 68.2 Å². The molecule has 2 amide bonds. The zero-order valence-corrected chi connectivity index (χ0v) is 11.6. The second-order valence-electron chi connectivity index (χ2n) is 3.70. The van der Waals surface area contributed by atoms with Crippen LogP contribution >= 0.6 is 11.8 Å². The van der Waals surface area contributed by atoms with Crippen LogP contribution in [0.4, 0.5) is 4.79 Å². The van der Waals surface area contributed by atoms with Crippen molar-refractivity contribution in [1.82, 2.24) is 20.2 Å². The van der Waals surface area contributed by atoms with Gasteiger partial charge in [0.05, 0.1) is 0 Å². The maximum Gasteiger partial charge on any atom is 0.314 e. The van der Waals surface area contributed by atoms with Crippen LogP contribution in [0, 0.1) is 0 Å². The summed E-state index contributed by atoms with van der Waals surface area (Å²) in [5.74, 6) is 0.802. The maximum atomic E-state index is 11.3. The molecule has 0 fully saturated rings. The predicted molar refractivity (Wildman–Crippen MR) is 71.8 cm³/mol. The van der Waals surface area contributed by atoms with Crippen molar-refractivity contribution in [3.63, 3.8) is 0 Å². The number of rotatable bonds is 8. The van der Waals surface area contributed by atoms with E-state index in [0.717, 1.165) is 17.3 Å². The highest BCUT2D eigenvalue weighted by molar-refractivity contribution is 7.99. The van der Waals surface area contributed by atoms with Crippen LogP contribution in [-0.2, 0) is 11.8 Å². The molecule has 1 heterocycles. The lowest BCUT2D eigenvalue weighted by Gasteiger charge is -2.07. The first kappa shape index (κ1) is 14.8. The fraction of sp³-hybridized carbons (Fsp3) is 0.636. The SMILES string of the molecule is COCCCNC(=O)NCCSc1nccn1C. The van der Waals surface area contributed by atoms with Crippen LogP contribution in [0.5, 0.6) is 0 Å². The molecule has 0 unspecified atom stereocenters. The van der Waals surface area contributed by atoms with Crippen molar-refractivity contribution in [1.29, 1.82) is 0 Å². The molecule has 0 radical (unpaired) electrons. The monoisotopic (exact) mass is 272 g/mol. The smallest absolute Gasteiger partial charge is 0.314 e. The van der Waals surface area contributed by atoms with Gasteiger partial charge in [-0.05, 0) is 6.42 Å². The van der Waals surface area contributed by atoms with Gasteiger partial charge in [-0.25, -0.2) is 9.78 Å². The van der Waals surface area contributed by atoms with Gasteiger partial charge in [0.15, 0.2) is 5.16 Å².